The number of benzene rings is 2. The summed E-state index contributed by atoms with van der Waals surface area (Å²) in [5, 5.41) is 14.3. The summed E-state index contributed by atoms with van der Waals surface area (Å²) in [4.78, 5) is 17.0. The molecule has 0 fully saturated rings. The van der Waals surface area contributed by atoms with Crippen molar-refractivity contribution in [1.29, 1.82) is 0 Å². The number of rotatable bonds is 10. The Bertz CT molecular complexity index is 1390. The van der Waals surface area contributed by atoms with Crippen LogP contribution in [-0.2, 0) is 24.4 Å². The molecule has 7 heteroatoms. The first-order valence-electron chi connectivity index (χ1n) is 11.3. The van der Waals surface area contributed by atoms with E-state index in [0.717, 1.165) is 38.7 Å². The minimum atomic E-state index is -0.784. The van der Waals surface area contributed by atoms with Crippen LogP contribution in [0.4, 0.5) is 0 Å². The number of thiazole rings is 1. The molecule has 1 N–H and O–H groups in total. The summed E-state index contributed by atoms with van der Waals surface area (Å²) in [7, 11) is 0. The first-order chi connectivity index (χ1) is 17.1. The van der Waals surface area contributed by atoms with Crippen molar-refractivity contribution in [2.75, 3.05) is 0 Å². The number of hydrogen-bond donors (Lipinski definition) is 1. The highest BCUT2D eigenvalue weighted by Gasteiger charge is 2.11. The van der Waals surface area contributed by atoms with Crippen molar-refractivity contribution < 1.29 is 14.6 Å². The molecule has 0 spiro atoms. The molecule has 3 heterocycles. The Morgan fingerprint density at radius 2 is 1.80 bits per heavy atom. The molecule has 0 unspecified atom stereocenters. The van der Waals surface area contributed by atoms with E-state index in [4.69, 9.17) is 9.84 Å². The minimum Gasteiger partial charge on any atom is -0.487 e. The molecule has 0 atom stereocenters. The fourth-order valence-corrected chi connectivity index (χ4v) is 5.53. The van der Waals surface area contributed by atoms with Crippen LogP contribution >= 0.6 is 22.7 Å². The summed E-state index contributed by atoms with van der Waals surface area (Å²) in [5.41, 5.74) is 5.29. The van der Waals surface area contributed by atoms with E-state index in [-0.39, 0.29) is 6.42 Å². The smallest absolute Gasteiger partial charge is 0.303 e. The quantitative estimate of drug-likeness (QED) is 0.225. The lowest BCUT2D eigenvalue weighted by molar-refractivity contribution is -0.136. The molecule has 0 aliphatic rings. The van der Waals surface area contributed by atoms with E-state index in [9.17, 15) is 4.79 Å². The van der Waals surface area contributed by atoms with Gasteiger partial charge in [-0.2, -0.15) is 0 Å². The predicted molar refractivity (Wildman–Crippen MR) is 141 cm³/mol. The van der Waals surface area contributed by atoms with E-state index in [1.54, 1.807) is 22.7 Å². The van der Waals surface area contributed by atoms with E-state index in [2.05, 4.69) is 57.7 Å². The molecule has 0 aliphatic heterocycles. The highest BCUT2D eigenvalue weighted by molar-refractivity contribution is 7.20. The van der Waals surface area contributed by atoms with Gasteiger partial charge in [0.1, 0.15) is 17.4 Å². The highest BCUT2D eigenvalue weighted by Crippen LogP contribution is 2.29. The van der Waals surface area contributed by atoms with Gasteiger partial charge in [-0.25, -0.2) is 4.98 Å². The second-order valence-electron chi connectivity index (χ2n) is 8.18. The molecule has 0 aliphatic carbocycles. The Morgan fingerprint density at radius 1 is 0.971 bits per heavy atom. The van der Waals surface area contributed by atoms with Gasteiger partial charge in [0.25, 0.3) is 0 Å². The minimum absolute atomic E-state index is 0.115. The monoisotopic (exact) mass is 500 g/mol. The van der Waals surface area contributed by atoms with E-state index in [1.165, 1.54) is 4.88 Å². The fourth-order valence-electron chi connectivity index (χ4n) is 3.91. The number of ether oxygens (including phenoxy) is 1. The van der Waals surface area contributed by atoms with E-state index < -0.39 is 5.97 Å². The van der Waals surface area contributed by atoms with Crippen LogP contribution in [0.2, 0.25) is 0 Å². The predicted octanol–water partition coefficient (Wildman–Crippen LogP) is 6.98. The van der Waals surface area contributed by atoms with Crippen LogP contribution < -0.4 is 4.74 Å². The zero-order chi connectivity index (χ0) is 24.0. The van der Waals surface area contributed by atoms with Gasteiger partial charge in [0, 0.05) is 36.3 Å². The Kier molecular flexibility index (Phi) is 7.07. The molecule has 176 valence electrons. The van der Waals surface area contributed by atoms with Crippen LogP contribution in [0.1, 0.15) is 23.2 Å². The van der Waals surface area contributed by atoms with E-state index in [0.29, 0.717) is 19.6 Å². The Hall–Kier alpha value is -3.68. The van der Waals surface area contributed by atoms with Gasteiger partial charge in [0.05, 0.1) is 10.6 Å². The standard InChI is InChI=1S/C28H24N2O3S2/c31-27(32)13-10-22-16-30(17-25(22)21-5-2-1-3-6-21)15-20-8-11-24(12-9-20)33-18-23-19-35-28(29-23)26-7-4-14-34-26/h1-9,11-12,14,16-17,19H,10,13,15,18H2,(H,31,32). The molecule has 35 heavy (non-hydrogen) atoms. The number of hydrogen-bond acceptors (Lipinski definition) is 5. The third-order valence-electron chi connectivity index (χ3n) is 5.61. The zero-order valence-corrected chi connectivity index (χ0v) is 20.6. The normalized spacial score (nSPS) is 11.0. The molecule has 5 nitrogen and oxygen atoms in total. The first kappa shape index (κ1) is 23.1. The average Bonchev–Trinajstić information content (AvgIpc) is 3.64. The highest BCUT2D eigenvalue weighted by atomic mass is 32.1. The lowest BCUT2D eigenvalue weighted by atomic mass is 10.0. The molecular weight excluding hydrogens is 476 g/mol. The summed E-state index contributed by atoms with van der Waals surface area (Å²) < 4.78 is 8.07. The number of aliphatic carboxylic acids is 1. The third kappa shape index (κ3) is 5.88. The molecule has 0 amide bonds. The summed E-state index contributed by atoms with van der Waals surface area (Å²) >= 11 is 3.33. The number of aryl methyl sites for hydroxylation is 1. The van der Waals surface area contributed by atoms with Gasteiger partial charge in [-0.3, -0.25) is 4.79 Å². The topological polar surface area (TPSA) is 64.3 Å². The molecule has 0 saturated carbocycles. The van der Waals surface area contributed by atoms with Crippen molar-refractivity contribution in [2.45, 2.75) is 26.0 Å². The molecule has 0 saturated heterocycles. The van der Waals surface area contributed by atoms with Gasteiger partial charge in [-0.1, -0.05) is 48.5 Å². The largest absolute Gasteiger partial charge is 0.487 e. The van der Waals surface area contributed by atoms with Crippen LogP contribution in [-0.4, -0.2) is 20.6 Å². The third-order valence-corrected chi connectivity index (χ3v) is 7.54. The van der Waals surface area contributed by atoms with Crippen LogP contribution in [0, 0.1) is 0 Å². The summed E-state index contributed by atoms with van der Waals surface area (Å²) in [6.45, 7) is 1.13. The van der Waals surface area contributed by atoms with E-state index >= 15 is 0 Å². The lowest BCUT2D eigenvalue weighted by Crippen LogP contribution is -1.99. The molecule has 3 aromatic heterocycles. The number of carboxylic acids is 1. The Morgan fingerprint density at radius 3 is 2.54 bits per heavy atom. The van der Waals surface area contributed by atoms with Crippen LogP contribution in [0.15, 0.2) is 89.9 Å². The van der Waals surface area contributed by atoms with Crippen molar-refractivity contribution in [3.05, 3.63) is 107 Å². The number of carbonyl (C=O) groups is 1. The maximum atomic E-state index is 11.1. The molecule has 2 aromatic carbocycles. The van der Waals surface area contributed by atoms with Gasteiger partial charge < -0.3 is 14.4 Å². The van der Waals surface area contributed by atoms with Gasteiger partial charge in [0.15, 0.2) is 0 Å². The van der Waals surface area contributed by atoms with Gasteiger partial charge in [-0.15, -0.1) is 22.7 Å². The molecule has 0 bridgehead atoms. The molecule has 5 rings (SSSR count). The van der Waals surface area contributed by atoms with Crippen molar-refractivity contribution in [3.8, 4) is 26.8 Å². The Labute approximate surface area is 211 Å². The van der Waals surface area contributed by atoms with Crippen LogP contribution in [0.25, 0.3) is 21.0 Å². The second kappa shape index (κ2) is 10.7. The van der Waals surface area contributed by atoms with Crippen LogP contribution in [0.3, 0.4) is 0 Å². The van der Waals surface area contributed by atoms with Crippen molar-refractivity contribution in [2.24, 2.45) is 0 Å². The maximum absolute atomic E-state index is 11.1. The van der Waals surface area contributed by atoms with Gasteiger partial charge >= 0.3 is 5.97 Å². The van der Waals surface area contributed by atoms with Gasteiger partial charge in [-0.05, 0) is 46.7 Å². The molecule has 0 radical (unpaired) electrons. The van der Waals surface area contributed by atoms with E-state index in [1.807, 2.05) is 41.8 Å². The number of carboxylic acid groups (broad SMARTS) is 1. The molecular formula is C28H24N2O3S2. The zero-order valence-electron chi connectivity index (χ0n) is 19.0. The van der Waals surface area contributed by atoms with Crippen molar-refractivity contribution in [3.63, 3.8) is 0 Å². The summed E-state index contributed by atoms with van der Waals surface area (Å²) in [6.07, 6.45) is 4.78. The number of nitrogens with zero attached hydrogens (tertiary/aromatic N) is 2. The summed E-state index contributed by atoms with van der Waals surface area (Å²) in [6, 6.07) is 22.3. The number of thiophene rings is 1. The molecule has 5 aromatic rings. The second-order valence-corrected chi connectivity index (χ2v) is 9.99. The van der Waals surface area contributed by atoms with Crippen molar-refractivity contribution in [1.82, 2.24) is 9.55 Å². The average molecular weight is 501 g/mol. The summed E-state index contributed by atoms with van der Waals surface area (Å²) in [5.74, 6) is 0.0202. The SMILES string of the molecule is O=C(O)CCc1cn(Cc2ccc(OCc3csc(-c4cccs4)n3)cc2)cc1-c1ccccc1. The van der Waals surface area contributed by atoms with Crippen molar-refractivity contribution >= 4 is 28.6 Å². The lowest BCUT2D eigenvalue weighted by Gasteiger charge is -2.07. The number of aromatic nitrogens is 2. The van der Waals surface area contributed by atoms with Crippen LogP contribution in [0.5, 0.6) is 5.75 Å². The van der Waals surface area contributed by atoms with Gasteiger partial charge in [0.2, 0.25) is 0 Å². The maximum Gasteiger partial charge on any atom is 0.303 e. The Balaban J connectivity index is 1.24. The fraction of sp³-hybridized carbons (Fsp3) is 0.143. The first-order valence-corrected chi connectivity index (χ1v) is 13.1.